The summed E-state index contributed by atoms with van der Waals surface area (Å²) in [6.07, 6.45) is 4.11. The summed E-state index contributed by atoms with van der Waals surface area (Å²) in [5.74, 6) is 1.13. The Morgan fingerprint density at radius 2 is 1.84 bits per heavy atom. The third-order valence-corrected chi connectivity index (χ3v) is 5.65. The number of ether oxygens (including phenoxy) is 2. The molecule has 0 saturated heterocycles. The zero-order chi connectivity index (χ0) is 21.8. The average molecular weight is 422 g/mol. The van der Waals surface area contributed by atoms with Crippen LogP contribution in [-0.2, 0) is 6.54 Å². The van der Waals surface area contributed by atoms with Crippen LogP contribution in [0.2, 0.25) is 0 Å². The van der Waals surface area contributed by atoms with E-state index in [2.05, 4.69) is 15.7 Å². The van der Waals surface area contributed by atoms with E-state index in [9.17, 15) is 9.59 Å². The fourth-order valence-electron chi connectivity index (χ4n) is 4.03. The highest BCUT2D eigenvalue weighted by Gasteiger charge is 2.21. The molecule has 8 heteroatoms. The highest BCUT2D eigenvalue weighted by atomic mass is 16.5. The first-order valence-corrected chi connectivity index (χ1v) is 10.4. The first-order valence-electron chi connectivity index (χ1n) is 10.4. The molecule has 0 spiro atoms. The summed E-state index contributed by atoms with van der Waals surface area (Å²) in [5, 5.41) is 11.6. The second-order valence-corrected chi connectivity index (χ2v) is 7.55. The number of hydrogen-bond donors (Lipinski definition) is 2. The normalized spacial score (nSPS) is 13.9. The molecule has 1 heterocycles. The Bertz CT molecular complexity index is 1150. The van der Waals surface area contributed by atoms with Crippen LogP contribution in [0.15, 0.2) is 47.3 Å². The van der Waals surface area contributed by atoms with E-state index in [1.807, 2.05) is 24.3 Å². The van der Waals surface area contributed by atoms with Gasteiger partial charge in [0.05, 0.1) is 43.6 Å². The molecule has 1 aliphatic rings. The molecule has 1 saturated carbocycles. The number of hydrogen-bond acceptors (Lipinski definition) is 5. The Kier molecular flexibility index (Phi) is 6.06. The molecule has 8 nitrogen and oxygen atoms in total. The van der Waals surface area contributed by atoms with Gasteiger partial charge in [-0.05, 0) is 31.0 Å². The third kappa shape index (κ3) is 4.33. The van der Waals surface area contributed by atoms with E-state index in [1.165, 1.54) is 7.11 Å². The minimum Gasteiger partial charge on any atom is -0.497 e. The molecule has 3 aromatic rings. The number of urea groups is 1. The van der Waals surface area contributed by atoms with Crippen molar-refractivity contribution in [3.05, 3.63) is 58.5 Å². The van der Waals surface area contributed by atoms with Crippen LogP contribution >= 0.6 is 0 Å². The van der Waals surface area contributed by atoms with Crippen molar-refractivity contribution in [2.24, 2.45) is 0 Å². The Hall–Kier alpha value is -3.55. The number of rotatable bonds is 6. The fraction of sp³-hybridized carbons (Fsp3) is 0.348. The highest BCUT2D eigenvalue weighted by Crippen LogP contribution is 2.29. The molecule has 0 aliphatic heterocycles. The van der Waals surface area contributed by atoms with Crippen molar-refractivity contribution in [3.63, 3.8) is 0 Å². The topological polar surface area (TPSA) is 94.5 Å². The minimum absolute atomic E-state index is 0.0707. The molecule has 0 atom stereocenters. The van der Waals surface area contributed by atoms with E-state index in [-0.39, 0.29) is 18.1 Å². The van der Waals surface area contributed by atoms with Crippen LogP contribution in [0.1, 0.15) is 37.4 Å². The zero-order valence-corrected chi connectivity index (χ0v) is 17.7. The number of fused-ring (bicyclic) bond motifs is 1. The van der Waals surface area contributed by atoms with Gasteiger partial charge in [-0.1, -0.05) is 31.0 Å². The summed E-state index contributed by atoms with van der Waals surface area (Å²) in [6, 6.07) is 12.3. The summed E-state index contributed by atoms with van der Waals surface area (Å²) in [5.41, 5.74) is 1.12. The largest absolute Gasteiger partial charge is 0.497 e. The van der Waals surface area contributed by atoms with Crippen molar-refractivity contribution in [1.29, 1.82) is 0 Å². The maximum atomic E-state index is 12.9. The molecule has 4 rings (SSSR count). The van der Waals surface area contributed by atoms with Gasteiger partial charge in [-0.2, -0.15) is 5.10 Å². The van der Waals surface area contributed by atoms with Gasteiger partial charge in [-0.25, -0.2) is 9.48 Å². The molecule has 1 aromatic heterocycles. The number of carbonyl (C=O) groups is 1. The lowest BCUT2D eigenvalue weighted by Gasteiger charge is -2.16. The molecule has 162 valence electrons. The number of benzene rings is 2. The average Bonchev–Trinajstić information content (AvgIpc) is 3.34. The molecule has 2 N–H and O–H groups in total. The molecule has 1 fully saturated rings. The van der Waals surface area contributed by atoms with Gasteiger partial charge < -0.3 is 20.1 Å². The van der Waals surface area contributed by atoms with Crippen molar-refractivity contribution >= 4 is 22.5 Å². The van der Waals surface area contributed by atoms with Gasteiger partial charge in [0, 0.05) is 11.5 Å². The van der Waals surface area contributed by atoms with Gasteiger partial charge in [-0.3, -0.25) is 4.79 Å². The Balaban J connectivity index is 1.55. The standard InChI is InChI=1S/C23H26N4O4/c1-30-16-11-12-19(21(13-16)31-2)25-23(29)24-14-20-17-9-5-6-10-18(17)22(28)27(26-20)15-7-3-4-8-15/h5-6,9-13,15H,3-4,7-8,14H2,1-2H3,(H2,24,25,29). The Morgan fingerprint density at radius 3 is 2.55 bits per heavy atom. The molecule has 0 bridgehead atoms. The number of aromatic nitrogens is 2. The van der Waals surface area contributed by atoms with E-state index in [4.69, 9.17) is 9.47 Å². The molecule has 0 radical (unpaired) electrons. The van der Waals surface area contributed by atoms with E-state index in [0.717, 1.165) is 31.1 Å². The van der Waals surface area contributed by atoms with Gasteiger partial charge in [-0.15, -0.1) is 0 Å². The first kappa shape index (κ1) is 20.7. The lowest BCUT2D eigenvalue weighted by Crippen LogP contribution is -2.32. The monoisotopic (exact) mass is 422 g/mol. The van der Waals surface area contributed by atoms with Crippen molar-refractivity contribution in [2.45, 2.75) is 38.3 Å². The summed E-state index contributed by atoms with van der Waals surface area (Å²) in [7, 11) is 3.09. The molecule has 0 unspecified atom stereocenters. The van der Waals surface area contributed by atoms with Crippen LogP contribution < -0.4 is 25.7 Å². The van der Waals surface area contributed by atoms with Crippen molar-refractivity contribution in [1.82, 2.24) is 15.1 Å². The minimum atomic E-state index is -0.395. The van der Waals surface area contributed by atoms with E-state index in [0.29, 0.717) is 28.3 Å². The number of methoxy groups -OCH3 is 2. The fourth-order valence-corrected chi connectivity index (χ4v) is 4.03. The zero-order valence-electron chi connectivity index (χ0n) is 17.7. The molecular weight excluding hydrogens is 396 g/mol. The lowest BCUT2D eigenvalue weighted by molar-refractivity contribution is 0.251. The summed E-state index contributed by atoms with van der Waals surface area (Å²) >= 11 is 0. The number of nitrogens with zero attached hydrogens (tertiary/aromatic N) is 2. The number of amides is 2. The Morgan fingerprint density at radius 1 is 1.10 bits per heavy atom. The molecule has 1 aliphatic carbocycles. The van der Waals surface area contributed by atoms with Crippen LogP contribution in [0.5, 0.6) is 11.5 Å². The summed E-state index contributed by atoms with van der Waals surface area (Å²) < 4.78 is 12.1. The SMILES string of the molecule is COc1ccc(NC(=O)NCc2nn(C3CCCC3)c(=O)c3ccccc23)c(OC)c1. The van der Waals surface area contributed by atoms with Crippen LogP contribution in [0.25, 0.3) is 10.8 Å². The molecular formula is C23H26N4O4. The maximum Gasteiger partial charge on any atom is 0.319 e. The van der Waals surface area contributed by atoms with Crippen molar-refractivity contribution in [3.8, 4) is 11.5 Å². The smallest absolute Gasteiger partial charge is 0.319 e. The van der Waals surface area contributed by atoms with Crippen molar-refractivity contribution < 1.29 is 14.3 Å². The first-order chi connectivity index (χ1) is 15.1. The number of anilines is 1. The number of carbonyl (C=O) groups excluding carboxylic acids is 1. The van der Waals surface area contributed by atoms with Crippen LogP contribution in [0.3, 0.4) is 0 Å². The molecule has 31 heavy (non-hydrogen) atoms. The van der Waals surface area contributed by atoms with Crippen LogP contribution in [0, 0.1) is 0 Å². The quantitative estimate of drug-likeness (QED) is 0.629. The second kappa shape index (κ2) is 9.07. The van der Waals surface area contributed by atoms with Gasteiger partial charge in [0.15, 0.2) is 0 Å². The molecule has 2 aromatic carbocycles. The van der Waals surface area contributed by atoms with Crippen LogP contribution in [0.4, 0.5) is 10.5 Å². The van der Waals surface area contributed by atoms with Crippen molar-refractivity contribution in [2.75, 3.05) is 19.5 Å². The van der Waals surface area contributed by atoms with E-state index in [1.54, 1.807) is 30.0 Å². The molecule has 2 amide bonds. The van der Waals surface area contributed by atoms with Gasteiger partial charge >= 0.3 is 6.03 Å². The lowest BCUT2D eigenvalue weighted by atomic mass is 10.1. The van der Waals surface area contributed by atoms with Crippen LogP contribution in [-0.4, -0.2) is 30.0 Å². The predicted octanol–water partition coefficient (Wildman–Crippen LogP) is 3.85. The Labute approximate surface area is 180 Å². The predicted molar refractivity (Wildman–Crippen MR) is 119 cm³/mol. The number of nitrogens with one attached hydrogen (secondary N) is 2. The van der Waals surface area contributed by atoms with E-state index < -0.39 is 6.03 Å². The summed E-state index contributed by atoms with van der Waals surface area (Å²) in [6.45, 7) is 0.192. The maximum absolute atomic E-state index is 12.9. The third-order valence-electron chi connectivity index (χ3n) is 5.65. The van der Waals surface area contributed by atoms with Gasteiger partial charge in [0.1, 0.15) is 11.5 Å². The van der Waals surface area contributed by atoms with Gasteiger partial charge in [0.2, 0.25) is 0 Å². The van der Waals surface area contributed by atoms with E-state index >= 15 is 0 Å². The highest BCUT2D eigenvalue weighted by molar-refractivity contribution is 5.91. The second-order valence-electron chi connectivity index (χ2n) is 7.55. The summed E-state index contributed by atoms with van der Waals surface area (Å²) in [4.78, 5) is 25.5. The van der Waals surface area contributed by atoms with Gasteiger partial charge in [0.25, 0.3) is 5.56 Å².